The topological polar surface area (TPSA) is 94.0 Å². The second-order valence-corrected chi connectivity index (χ2v) is 8.93. The lowest BCUT2D eigenvalue weighted by molar-refractivity contribution is -0.124. The van der Waals surface area contributed by atoms with Gasteiger partial charge >= 0.3 is 0 Å². The van der Waals surface area contributed by atoms with Gasteiger partial charge in [-0.25, -0.2) is 4.98 Å². The zero-order valence-corrected chi connectivity index (χ0v) is 17.5. The van der Waals surface area contributed by atoms with Crippen LogP contribution in [0.4, 0.5) is 5.82 Å². The van der Waals surface area contributed by atoms with Gasteiger partial charge in [0.05, 0.1) is 17.8 Å². The van der Waals surface area contributed by atoms with Gasteiger partial charge in [0.15, 0.2) is 0 Å². The first-order valence-corrected chi connectivity index (χ1v) is 10.7. The van der Waals surface area contributed by atoms with E-state index in [1.54, 1.807) is 17.2 Å². The van der Waals surface area contributed by atoms with Crippen molar-refractivity contribution in [1.29, 1.82) is 0 Å². The van der Waals surface area contributed by atoms with E-state index in [1.165, 1.54) is 0 Å². The SMILES string of the molecule is CC(C)CC(=O)[C@@H]1CCCN(C(=O)c2ccc(N3CCC(O)(CO)CC3)nc2)C1. The molecule has 3 heterocycles. The van der Waals surface area contributed by atoms with E-state index in [0.29, 0.717) is 56.9 Å². The zero-order valence-electron chi connectivity index (χ0n) is 17.5. The number of hydrogen-bond acceptors (Lipinski definition) is 6. The molecule has 1 atom stereocenters. The minimum absolute atomic E-state index is 0.0547. The number of likely N-dealkylation sites (tertiary alicyclic amines) is 1. The molecular formula is C22H33N3O4. The summed E-state index contributed by atoms with van der Waals surface area (Å²) < 4.78 is 0. The van der Waals surface area contributed by atoms with Crippen molar-refractivity contribution in [3.63, 3.8) is 0 Å². The van der Waals surface area contributed by atoms with Crippen LogP contribution in [0.2, 0.25) is 0 Å². The summed E-state index contributed by atoms with van der Waals surface area (Å²) in [5.74, 6) is 1.25. The molecule has 7 heteroatoms. The highest BCUT2D eigenvalue weighted by molar-refractivity contribution is 5.94. The van der Waals surface area contributed by atoms with Crippen molar-refractivity contribution >= 4 is 17.5 Å². The van der Waals surface area contributed by atoms with Crippen LogP contribution in [0.15, 0.2) is 18.3 Å². The molecule has 2 N–H and O–H groups in total. The summed E-state index contributed by atoms with van der Waals surface area (Å²) in [6, 6.07) is 3.62. The number of Topliss-reactive ketones (excluding diaryl/α,β-unsaturated/α-hetero) is 1. The standard InChI is InChI=1S/C22H33N3O4/c1-16(2)12-19(27)18-4-3-9-25(14-18)21(28)17-5-6-20(23-13-17)24-10-7-22(29,15-26)8-11-24/h5-6,13,16,18,26,29H,3-4,7-12,14-15H2,1-2H3/t18-/m1/s1. The number of anilines is 1. The lowest BCUT2D eigenvalue weighted by Crippen LogP contribution is -2.47. The van der Waals surface area contributed by atoms with Gasteiger partial charge in [0, 0.05) is 44.7 Å². The summed E-state index contributed by atoms with van der Waals surface area (Å²) in [5.41, 5.74) is -0.459. The fourth-order valence-corrected chi connectivity index (χ4v) is 4.19. The number of carbonyl (C=O) groups is 2. The largest absolute Gasteiger partial charge is 0.393 e. The maximum Gasteiger partial charge on any atom is 0.255 e. The van der Waals surface area contributed by atoms with Crippen molar-refractivity contribution in [2.75, 3.05) is 37.7 Å². The smallest absolute Gasteiger partial charge is 0.255 e. The normalized spacial score (nSPS) is 22.0. The van der Waals surface area contributed by atoms with Crippen LogP contribution in [0.1, 0.15) is 56.3 Å². The third-order valence-electron chi connectivity index (χ3n) is 6.08. The van der Waals surface area contributed by atoms with Gasteiger partial charge in [-0.15, -0.1) is 0 Å². The maximum absolute atomic E-state index is 12.9. The van der Waals surface area contributed by atoms with Gasteiger partial charge in [0.1, 0.15) is 11.6 Å². The molecule has 0 unspecified atom stereocenters. The quantitative estimate of drug-likeness (QED) is 0.753. The molecule has 0 aromatic carbocycles. The van der Waals surface area contributed by atoms with Crippen LogP contribution in [0.5, 0.6) is 0 Å². The Balaban J connectivity index is 1.59. The Labute approximate surface area is 172 Å². The fourth-order valence-electron chi connectivity index (χ4n) is 4.19. The summed E-state index contributed by atoms with van der Waals surface area (Å²) in [6.07, 6.45) is 4.88. The number of aromatic nitrogens is 1. The number of ketones is 1. The first-order chi connectivity index (χ1) is 13.8. The molecule has 1 aromatic rings. The molecule has 0 radical (unpaired) electrons. The number of hydrogen-bond donors (Lipinski definition) is 2. The minimum Gasteiger partial charge on any atom is -0.393 e. The van der Waals surface area contributed by atoms with Gasteiger partial charge in [-0.2, -0.15) is 0 Å². The molecule has 0 aliphatic carbocycles. The first-order valence-electron chi connectivity index (χ1n) is 10.7. The van der Waals surface area contributed by atoms with Gasteiger partial charge in [-0.05, 0) is 43.7 Å². The van der Waals surface area contributed by atoms with Gasteiger partial charge in [0.2, 0.25) is 0 Å². The highest BCUT2D eigenvalue weighted by Gasteiger charge is 2.32. The third kappa shape index (κ3) is 5.34. The Morgan fingerprint density at radius 2 is 1.97 bits per heavy atom. The number of nitrogens with zero attached hydrogens (tertiary/aromatic N) is 3. The Bertz CT molecular complexity index is 711. The van der Waals surface area contributed by atoms with E-state index in [9.17, 15) is 19.8 Å². The molecule has 2 aliphatic heterocycles. The monoisotopic (exact) mass is 403 g/mol. The molecule has 7 nitrogen and oxygen atoms in total. The average molecular weight is 404 g/mol. The molecule has 29 heavy (non-hydrogen) atoms. The molecule has 160 valence electrons. The highest BCUT2D eigenvalue weighted by Crippen LogP contribution is 2.26. The summed E-state index contributed by atoms with van der Waals surface area (Å²) in [5, 5.41) is 19.4. The molecule has 2 saturated heterocycles. The highest BCUT2D eigenvalue weighted by atomic mass is 16.3. The number of carbonyl (C=O) groups excluding carboxylic acids is 2. The molecule has 2 fully saturated rings. The zero-order chi connectivity index (χ0) is 21.0. The van der Waals surface area contributed by atoms with E-state index < -0.39 is 5.60 Å². The molecule has 0 saturated carbocycles. The van der Waals surface area contributed by atoms with Crippen LogP contribution >= 0.6 is 0 Å². The van der Waals surface area contributed by atoms with Gasteiger partial charge in [-0.1, -0.05) is 13.8 Å². The van der Waals surface area contributed by atoms with Crippen LogP contribution in [0.3, 0.4) is 0 Å². The van der Waals surface area contributed by atoms with E-state index >= 15 is 0 Å². The molecule has 1 aromatic heterocycles. The van der Waals surface area contributed by atoms with Gasteiger partial charge in [0.25, 0.3) is 5.91 Å². The molecule has 0 spiro atoms. The van der Waals surface area contributed by atoms with Gasteiger partial charge in [-0.3, -0.25) is 9.59 Å². The Kier molecular flexibility index (Phi) is 6.90. The van der Waals surface area contributed by atoms with E-state index in [2.05, 4.69) is 9.88 Å². The lowest BCUT2D eigenvalue weighted by Gasteiger charge is -2.37. The van der Waals surface area contributed by atoms with E-state index in [4.69, 9.17) is 0 Å². The maximum atomic E-state index is 12.9. The second-order valence-electron chi connectivity index (χ2n) is 8.93. The summed E-state index contributed by atoms with van der Waals surface area (Å²) >= 11 is 0. The average Bonchev–Trinajstić information content (AvgIpc) is 2.73. The summed E-state index contributed by atoms with van der Waals surface area (Å²) in [7, 11) is 0. The second kappa shape index (κ2) is 9.22. The van der Waals surface area contributed by atoms with Crippen molar-refractivity contribution in [3.8, 4) is 0 Å². The predicted octanol–water partition coefficient (Wildman–Crippen LogP) is 1.87. The summed E-state index contributed by atoms with van der Waals surface area (Å²) in [4.78, 5) is 33.6. The lowest BCUT2D eigenvalue weighted by atomic mass is 9.89. The van der Waals surface area contributed by atoms with Crippen LogP contribution < -0.4 is 4.90 Å². The molecular weight excluding hydrogens is 370 g/mol. The predicted molar refractivity (Wildman–Crippen MR) is 111 cm³/mol. The van der Waals surface area contributed by atoms with E-state index in [1.807, 2.05) is 19.9 Å². The third-order valence-corrected chi connectivity index (χ3v) is 6.08. The van der Waals surface area contributed by atoms with Crippen molar-refractivity contribution in [2.45, 2.75) is 51.6 Å². The van der Waals surface area contributed by atoms with Crippen molar-refractivity contribution in [3.05, 3.63) is 23.9 Å². The van der Waals surface area contributed by atoms with Crippen molar-refractivity contribution in [2.24, 2.45) is 11.8 Å². The Morgan fingerprint density at radius 3 is 2.55 bits per heavy atom. The summed E-state index contributed by atoms with van der Waals surface area (Å²) in [6.45, 7) is 6.27. The number of aliphatic hydroxyl groups is 2. The van der Waals surface area contributed by atoms with Crippen LogP contribution in [0, 0.1) is 11.8 Å². The number of rotatable bonds is 6. The van der Waals surface area contributed by atoms with Crippen molar-refractivity contribution < 1.29 is 19.8 Å². The van der Waals surface area contributed by atoms with Crippen LogP contribution in [-0.2, 0) is 4.79 Å². The Hall–Kier alpha value is -1.99. The fraction of sp³-hybridized carbons (Fsp3) is 0.682. The number of pyridine rings is 1. The van der Waals surface area contributed by atoms with E-state index in [-0.39, 0.29) is 24.2 Å². The number of amides is 1. The van der Waals surface area contributed by atoms with Gasteiger partial charge < -0.3 is 20.0 Å². The van der Waals surface area contributed by atoms with E-state index in [0.717, 1.165) is 18.7 Å². The van der Waals surface area contributed by atoms with Crippen molar-refractivity contribution in [1.82, 2.24) is 9.88 Å². The first kappa shape index (κ1) is 21.7. The van der Waals surface area contributed by atoms with Crippen LogP contribution in [-0.4, -0.2) is 70.2 Å². The minimum atomic E-state index is -0.996. The number of aliphatic hydroxyl groups excluding tert-OH is 1. The molecule has 0 bridgehead atoms. The molecule has 1 amide bonds. The van der Waals surface area contributed by atoms with Crippen LogP contribution in [0.25, 0.3) is 0 Å². The molecule has 3 rings (SSSR count). The molecule has 2 aliphatic rings. The number of piperidine rings is 2. The Morgan fingerprint density at radius 1 is 1.24 bits per heavy atom.